The summed E-state index contributed by atoms with van der Waals surface area (Å²) in [5.74, 6) is -4.39. The first-order valence-corrected chi connectivity index (χ1v) is 15.9. The molecule has 1 saturated heterocycles. The summed E-state index contributed by atoms with van der Waals surface area (Å²) in [6, 6.07) is -0.988. The Balaban J connectivity index is 2.94. The highest BCUT2D eigenvalue weighted by Crippen LogP contribution is 2.03. The second kappa shape index (κ2) is 24.7. The minimum atomic E-state index is -1.05. The lowest BCUT2D eigenvalue weighted by molar-refractivity contribution is -0.140. The fraction of sp³-hybridized carbons (Fsp3) is 0.793. The molecule has 0 aromatic carbocycles. The Bertz CT molecular complexity index is 956. The van der Waals surface area contributed by atoms with Gasteiger partial charge >= 0.3 is 17.9 Å². The van der Waals surface area contributed by atoms with E-state index in [-0.39, 0.29) is 97.3 Å². The van der Waals surface area contributed by atoms with Gasteiger partial charge in [0.25, 0.3) is 0 Å². The van der Waals surface area contributed by atoms with Crippen LogP contribution in [0.15, 0.2) is 0 Å². The van der Waals surface area contributed by atoms with E-state index in [0.717, 1.165) is 0 Å². The average Bonchev–Trinajstić information content (AvgIpc) is 3.00. The molecular formula is C29H53N7O11. The quantitative estimate of drug-likeness (QED) is 0.0668. The van der Waals surface area contributed by atoms with Crippen LogP contribution in [0.1, 0.15) is 26.2 Å². The highest BCUT2D eigenvalue weighted by Gasteiger charge is 2.24. The van der Waals surface area contributed by atoms with Gasteiger partial charge in [0, 0.05) is 85.6 Å². The van der Waals surface area contributed by atoms with Crippen LogP contribution >= 0.6 is 0 Å². The largest absolute Gasteiger partial charge is 0.480 e. The number of rotatable bonds is 21. The van der Waals surface area contributed by atoms with Gasteiger partial charge in [-0.15, -0.1) is 0 Å². The highest BCUT2D eigenvalue weighted by molar-refractivity contribution is 5.89. The van der Waals surface area contributed by atoms with Crippen LogP contribution in [-0.2, 0) is 38.2 Å². The lowest BCUT2D eigenvalue weighted by Crippen LogP contribution is -2.52. The number of carbonyl (C=O) groups excluding carboxylic acids is 3. The van der Waals surface area contributed by atoms with Gasteiger partial charge in [0.2, 0.25) is 17.7 Å². The molecule has 0 aromatic rings. The molecule has 18 heteroatoms. The van der Waals surface area contributed by atoms with Gasteiger partial charge in [0.15, 0.2) is 0 Å². The van der Waals surface area contributed by atoms with E-state index in [4.69, 9.17) is 9.47 Å². The molecule has 1 atom stereocenters. The third kappa shape index (κ3) is 21.1. The van der Waals surface area contributed by atoms with Gasteiger partial charge in [-0.1, -0.05) is 0 Å². The van der Waals surface area contributed by atoms with Gasteiger partial charge in [-0.3, -0.25) is 48.4 Å². The van der Waals surface area contributed by atoms with Gasteiger partial charge < -0.3 is 40.7 Å². The molecule has 6 N–H and O–H groups in total. The molecule has 0 saturated carbocycles. The van der Waals surface area contributed by atoms with E-state index < -0.39 is 35.8 Å². The van der Waals surface area contributed by atoms with Crippen molar-refractivity contribution >= 4 is 35.6 Å². The zero-order valence-corrected chi connectivity index (χ0v) is 27.6. The first-order valence-electron chi connectivity index (χ1n) is 15.9. The van der Waals surface area contributed by atoms with E-state index in [1.54, 1.807) is 19.6 Å². The Hall–Kier alpha value is -3.42. The lowest BCUT2D eigenvalue weighted by Gasteiger charge is -2.33. The Morgan fingerprint density at radius 2 is 1.11 bits per heavy atom. The number of aliphatic carboxylic acids is 3. The molecule has 1 fully saturated rings. The molecule has 0 aliphatic carbocycles. The smallest absolute Gasteiger partial charge is 0.317 e. The molecule has 0 bridgehead atoms. The van der Waals surface area contributed by atoms with E-state index in [0.29, 0.717) is 39.4 Å². The van der Waals surface area contributed by atoms with Crippen molar-refractivity contribution < 1.29 is 53.6 Å². The van der Waals surface area contributed by atoms with Crippen LogP contribution in [0, 0.1) is 0 Å². The first-order chi connectivity index (χ1) is 22.4. The molecule has 0 aromatic heterocycles. The minimum Gasteiger partial charge on any atom is -0.480 e. The lowest BCUT2D eigenvalue weighted by atomic mass is 10.1. The molecule has 47 heavy (non-hydrogen) atoms. The third-order valence-corrected chi connectivity index (χ3v) is 7.31. The second-order valence-electron chi connectivity index (χ2n) is 11.1. The number of hydrogen-bond acceptors (Lipinski definition) is 12. The van der Waals surface area contributed by atoms with Crippen LogP contribution in [0.5, 0.6) is 0 Å². The number of carbonyl (C=O) groups is 6. The Kier molecular flexibility index (Phi) is 21.9. The predicted octanol–water partition coefficient (Wildman–Crippen LogP) is -2.97. The number of hydrogen-bond donors (Lipinski definition) is 6. The van der Waals surface area contributed by atoms with Crippen molar-refractivity contribution in [1.82, 2.24) is 35.6 Å². The van der Waals surface area contributed by atoms with Crippen molar-refractivity contribution in [2.24, 2.45) is 0 Å². The third-order valence-electron chi connectivity index (χ3n) is 7.31. The number of carboxylic acid groups (broad SMARTS) is 3. The summed E-state index contributed by atoms with van der Waals surface area (Å²) < 4.78 is 10.7. The molecule has 0 radical (unpaired) electrons. The molecule has 270 valence electrons. The average molecular weight is 676 g/mol. The monoisotopic (exact) mass is 675 g/mol. The summed E-state index contributed by atoms with van der Waals surface area (Å²) in [6.07, 6.45) is 0.607. The van der Waals surface area contributed by atoms with Crippen LogP contribution < -0.4 is 16.0 Å². The molecule has 3 amide bonds. The minimum absolute atomic E-state index is 0.00626. The fourth-order valence-electron chi connectivity index (χ4n) is 4.77. The number of nitrogens with one attached hydrogen (secondary N) is 3. The van der Waals surface area contributed by atoms with Crippen LogP contribution in [0.2, 0.25) is 0 Å². The molecule has 0 spiro atoms. The topological polar surface area (TPSA) is 231 Å². The summed E-state index contributed by atoms with van der Waals surface area (Å²) in [5, 5.41) is 36.1. The maximum Gasteiger partial charge on any atom is 0.317 e. The van der Waals surface area contributed by atoms with Crippen LogP contribution in [0.25, 0.3) is 0 Å². The normalized spacial score (nSPS) is 16.7. The van der Waals surface area contributed by atoms with Gasteiger partial charge in [0.1, 0.15) is 6.04 Å². The zero-order chi connectivity index (χ0) is 35.0. The number of ether oxygens (including phenoxy) is 2. The van der Waals surface area contributed by atoms with E-state index in [1.165, 1.54) is 7.05 Å². The maximum atomic E-state index is 13.2. The number of amides is 3. The van der Waals surface area contributed by atoms with E-state index in [1.807, 2.05) is 6.92 Å². The Labute approximate surface area is 275 Å². The van der Waals surface area contributed by atoms with Crippen LogP contribution in [0.3, 0.4) is 0 Å². The highest BCUT2D eigenvalue weighted by atomic mass is 16.5. The predicted molar refractivity (Wildman–Crippen MR) is 169 cm³/mol. The molecule has 1 rings (SSSR count). The summed E-state index contributed by atoms with van der Waals surface area (Å²) in [6.45, 7) is 5.09. The number of nitrogens with zero attached hydrogens (tertiary/aromatic N) is 4. The van der Waals surface area contributed by atoms with Crippen molar-refractivity contribution in [2.45, 2.75) is 32.2 Å². The molecule has 18 nitrogen and oxygen atoms in total. The van der Waals surface area contributed by atoms with Crippen molar-refractivity contribution in [3.63, 3.8) is 0 Å². The van der Waals surface area contributed by atoms with Crippen LogP contribution in [-0.4, -0.2) is 195 Å². The second-order valence-corrected chi connectivity index (χ2v) is 11.1. The molecule has 1 heterocycles. The Morgan fingerprint density at radius 3 is 1.53 bits per heavy atom. The van der Waals surface area contributed by atoms with Crippen molar-refractivity contribution in [2.75, 3.05) is 119 Å². The van der Waals surface area contributed by atoms with Gasteiger partial charge in [-0.2, -0.15) is 0 Å². The fourth-order valence-corrected chi connectivity index (χ4v) is 4.77. The summed E-state index contributed by atoms with van der Waals surface area (Å²) >= 11 is 0. The maximum absolute atomic E-state index is 13.2. The molecule has 1 aliphatic rings. The summed E-state index contributed by atoms with van der Waals surface area (Å²) in [7, 11) is 1.48. The van der Waals surface area contributed by atoms with Gasteiger partial charge in [0.05, 0.1) is 39.4 Å². The van der Waals surface area contributed by atoms with Crippen molar-refractivity contribution in [3.05, 3.63) is 0 Å². The SMILES string of the molecule is CCOCCOCCCNC(=O)[C@@H](CCC(=O)NC)NC(=O)CN1CCN(CC(=O)O)CCN(CC(=O)O)CCN(CC(=O)O)CC1. The first kappa shape index (κ1) is 41.6. The Morgan fingerprint density at radius 1 is 0.660 bits per heavy atom. The standard InChI is InChI=1S/C29H53N7O11/c1-3-46-17-18-47-16-4-7-31-29(45)23(5-6-24(37)30-2)32-25(38)19-33-8-10-34(20-26(39)40)12-14-36(22-28(43)44)15-13-35(11-9-33)21-27(41)42/h23H,3-22H2,1-2H3,(H,30,37)(H,31,45)(H,32,38)(H,39,40)(H,41,42)(H,43,44)/t23-/m1/s1. The molecule has 0 unspecified atom stereocenters. The summed E-state index contributed by atoms with van der Waals surface area (Å²) in [4.78, 5) is 79.2. The van der Waals surface area contributed by atoms with Crippen molar-refractivity contribution in [1.29, 1.82) is 0 Å². The van der Waals surface area contributed by atoms with E-state index >= 15 is 0 Å². The van der Waals surface area contributed by atoms with E-state index in [9.17, 15) is 44.1 Å². The molecule has 1 aliphatic heterocycles. The van der Waals surface area contributed by atoms with Gasteiger partial charge in [-0.05, 0) is 19.8 Å². The van der Waals surface area contributed by atoms with Gasteiger partial charge in [-0.25, -0.2) is 0 Å². The van der Waals surface area contributed by atoms with Crippen LogP contribution in [0.4, 0.5) is 0 Å². The zero-order valence-electron chi connectivity index (χ0n) is 27.6. The number of carboxylic acids is 3. The molecular weight excluding hydrogens is 622 g/mol. The van der Waals surface area contributed by atoms with Crippen molar-refractivity contribution in [3.8, 4) is 0 Å². The van der Waals surface area contributed by atoms with E-state index in [2.05, 4.69) is 16.0 Å². The summed E-state index contributed by atoms with van der Waals surface area (Å²) in [5.41, 5.74) is 0.